The zero-order valence-corrected chi connectivity index (χ0v) is 13.4. The number of nitrogens with zero attached hydrogens (tertiary/aromatic N) is 2. The van der Waals surface area contributed by atoms with Crippen LogP contribution in [0.4, 0.5) is 17.5 Å². The molecular weight excluding hydrogens is 284 g/mol. The van der Waals surface area contributed by atoms with Crippen LogP contribution in [-0.2, 0) is 0 Å². The summed E-state index contributed by atoms with van der Waals surface area (Å²) in [6, 6.07) is 8.18. The first kappa shape index (κ1) is 15.6. The number of anilines is 3. The van der Waals surface area contributed by atoms with E-state index in [2.05, 4.69) is 47.4 Å². The van der Waals surface area contributed by atoms with E-state index in [1.165, 1.54) is 5.56 Å². The van der Waals surface area contributed by atoms with Gasteiger partial charge in [0.1, 0.15) is 5.02 Å². The average Bonchev–Trinajstić information content (AvgIpc) is 2.48. The lowest BCUT2D eigenvalue weighted by Gasteiger charge is -2.15. The Kier molecular flexibility index (Phi) is 5.39. The Morgan fingerprint density at radius 3 is 2.71 bits per heavy atom. The smallest absolute Gasteiger partial charge is 0.224 e. The summed E-state index contributed by atoms with van der Waals surface area (Å²) in [5.41, 5.74) is 2.25. The summed E-state index contributed by atoms with van der Waals surface area (Å²) >= 11 is 6.20. The molecule has 112 valence electrons. The van der Waals surface area contributed by atoms with Gasteiger partial charge in [-0.25, -0.2) is 4.98 Å². The fourth-order valence-corrected chi connectivity index (χ4v) is 2.16. The van der Waals surface area contributed by atoms with Gasteiger partial charge in [-0.05, 0) is 24.0 Å². The van der Waals surface area contributed by atoms with Crippen molar-refractivity contribution in [1.82, 2.24) is 9.97 Å². The molecular formula is C16H21ClN4. The largest absolute Gasteiger partial charge is 0.354 e. The number of aromatic nitrogens is 2. The number of hydrogen-bond donors (Lipinski definition) is 2. The lowest BCUT2D eigenvalue weighted by molar-refractivity contribution is 0.869. The molecule has 0 saturated carbocycles. The third kappa shape index (κ3) is 4.08. The number of hydrogen-bond acceptors (Lipinski definition) is 4. The molecule has 2 N–H and O–H groups in total. The first-order valence-corrected chi connectivity index (χ1v) is 7.62. The van der Waals surface area contributed by atoms with Crippen LogP contribution in [0.5, 0.6) is 0 Å². The molecule has 2 rings (SSSR count). The van der Waals surface area contributed by atoms with Crippen molar-refractivity contribution in [3.05, 3.63) is 41.0 Å². The first-order valence-electron chi connectivity index (χ1n) is 7.24. The molecule has 0 unspecified atom stereocenters. The second-order valence-corrected chi connectivity index (χ2v) is 5.59. The van der Waals surface area contributed by atoms with Crippen LogP contribution in [0.3, 0.4) is 0 Å². The van der Waals surface area contributed by atoms with E-state index in [-0.39, 0.29) is 0 Å². The summed E-state index contributed by atoms with van der Waals surface area (Å²) in [5.74, 6) is 1.64. The Labute approximate surface area is 131 Å². The summed E-state index contributed by atoms with van der Waals surface area (Å²) in [6.45, 7) is 7.26. The van der Waals surface area contributed by atoms with E-state index in [1.54, 1.807) is 6.20 Å². The van der Waals surface area contributed by atoms with Gasteiger partial charge in [-0.1, -0.05) is 50.6 Å². The number of para-hydroxylation sites is 1. The van der Waals surface area contributed by atoms with Crippen molar-refractivity contribution in [2.75, 3.05) is 17.2 Å². The summed E-state index contributed by atoms with van der Waals surface area (Å²) < 4.78 is 0. The maximum atomic E-state index is 6.20. The van der Waals surface area contributed by atoms with Gasteiger partial charge in [0, 0.05) is 12.2 Å². The molecule has 21 heavy (non-hydrogen) atoms. The quantitative estimate of drug-likeness (QED) is 0.803. The first-order chi connectivity index (χ1) is 10.1. The van der Waals surface area contributed by atoms with E-state index >= 15 is 0 Å². The minimum atomic E-state index is 0.423. The molecule has 0 amide bonds. The Morgan fingerprint density at radius 2 is 2.00 bits per heavy atom. The highest BCUT2D eigenvalue weighted by molar-refractivity contribution is 6.32. The number of halogens is 1. The lowest BCUT2D eigenvalue weighted by atomic mass is 10.0. The summed E-state index contributed by atoms with van der Waals surface area (Å²) in [7, 11) is 0. The van der Waals surface area contributed by atoms with Crippen molar-refractivity contribution in [3.63, 3.8) is 0 Å². The highest BCUT2D eigenvalue weighted by Gasteiger charge is 2.10. The molecule has 1 aromatic carbocycles. The molecule has 0 spiro atoms. The predicted octanol–water partition coefficient (Wildman–Crippen LogP) is 4.82. The van der Waals surface area contributed by atoms with Gasteiger partial charge in [0.05, 0.1) is 6.20 Å². The van der Waals surface area contributed by atoms with Crippen LogP contribution >= 0.6 is 11.6 Å². The predicted molar refractivity (Wildman–Crippen MR) is 89.6 cm³/mol. The van der Waals surface area contributed by atoms with Crippen LogP contribution in [0.2, 0.25) is 5.02 Å². The summed E-state index contributed by atoms with van der Waals surface area (Å²) in [6.07, 6.45) is 2.64. The van der Waals surface area contributed by atoms with Crippen molar-refractivity contribution in [2.24, 2.45) is 0 Å². The molecule has 0 aliphatic rings. The molecule has 0 aliphatic carbocycles. The molecule has 0 aliphatic heterocycles. The van der Waals surface area contributed by atoms with E-state index in [4.69, 9.17) is 11.6 Å². The van der Waals surface area contributed by atoms with Gasteiger partial charge >= 0.3 is 0 Å². The SMILES string of the molecule is CCCNc1ncc(Cl)c(Nc2ccccc2C(C)C)n1. The maximum absolute atomic E-state index is 6.20. The highest BCUT2D eigenvalue weighted by atomic mass is 35.5. The second kappa shape index (κ2) is 7.27. The fourth-order valence-electron chi connectivity index (χ4n) is 2.02. The Bertz CT molecular complexity index is 599. The standard InChI is InChI=1S/C16H21ClN4/c1-4-9-18-16-19-10-13(17)15(21-16)20-14-8-6-5-7-12(14)11(2)3/h5-8,10-11H,4,9H2,1-3H3,(H2,18,19,20,21). The molecule has 0 saturated heterocycles. The zero-order chi connectivity index (χ0) is 15.2. The average molecular weight is 305 g/mol. The lowest BCUT2D eigenvalue weighted by Crippen LogP contribution is -2.06. The van der Waals surface area contributed by atoms with Crippen molar-refractivity contribution >= 4 is 29.1 Å². The van der Waals surface area contributed by atoms with Crippen LogP contribution < -0.4 is 10.6 Å². The maximum Gasteiger partial charge on any atom is 0.224 e. The molecule has 1 aromatic heterocycles. The Morgan fingerprint density at radius 1 is 1.24 bits per heavy atom. The zero-order valence-electron chi connectivity index (χ0n) is 12.7. The third-order valence-electron chi connectivity index (χ3n) is 3.11. The summed E-state index contributed by atoms with van der Waals surface area (Å²) in [5, 5.41) is 6.99. The summed E-state index contributed by atoms with van der Waals surface area (Å²) in [4.78, 5) is 8.62. The van der Waals surface area contributed by atoms with Gasteiger partial charge in [0.2, 0.25) is 5.95 Å². The minimum absolute atomic E-state index is 0.423. The van der Waals surface area contributed by atoms with Crippen molar-refractivity contribution < 1.29 is 0 Å². The minimum Gasteiger partial charge on any atom is -0.354 e. The van der Waals surface area contributed by atoms with Crippen LogP contribution in [0, 0.1) is 0 Å². The normalized spacial score (nSPS) is 10.7. The van der Waals surface area contributed by atoms with E-state index in [9.17, 15) is 0 Å². The van der Waals surface area contributed by atoms with Crippen LogP contribution in [0.15, 0.2) is 30.5 Å². The van der Waals surface area contributed by atoms with Gasteiger partial charge in [-0.2, -0.15) is 4.98 Å². The topological polar surface area (TPSA) is 49.8 Å². The van der Waals surface area contributed by atoms with E-state index in [0.717, 1.165) is 18.7 Å². The third-order valence-corrected chi connectivity index (χ3v) is 3.39. The van der Waals surface area contributed by atoms with Crippen LogP contribution in [0.25, 0.3) is 0 Å². The molecule has 1 heterocycles. The van der Waals surface area contributed by atoms with Gasteiger partial charge in [-0.3, -0.25) is 0 Å². The molecule has 4 nitrogen and oxygen atoms in total. The molecule has 0 atom stereocenters. The van der Waals surface area contributed by atoms with Gasteiger partial charge < -0.3 is 10.6 Å². The van der Waals surface area contributed by atoms with Gasteiger partial charge in [-0.15, -0.1) is 0 Å². The molecule has 0 fully saturated rings. The van der Waals surface area contributed by atoms with Gasteiger partial charge in [0.15, 0.2) is 5.82 Å². The molecule has 0 radical (unpaired) electrons. The molecule has 5 heteroatoms. The number of benzene rings is 1. The second-order valence-electron chi connectivity index (χ2n) is 5.18. The monoisotopic (exact) mass is 304 g/mol. The highest BCUT2D eigenvalue weighted by Crippen LogP contribution is 2.29. The molecule has 2 aromatic rings. The van der Waals surface area contributed by atoms with Crippen LogP contribution in [-0.4, -0.2) is 16.5 Å². The Hall–Kier alpha value is -1.81. The van der Waals surface area contributed by atoms with Crippen molar-refractivity contribution in [3.8, 4) is 0 Å². The van der Waals surface area contributed by atoms with E-state index in [0.29, 0.717) is 22.7 Å². The number of nitrogens with one attached hydrogen (secondary N) is 2. The van der Waals surface area contributed by atoms with Crippen molar-refractivity contribution in [2.45, 2.75) is 33.1 Å². The van der Waals surface area contributed by atoms with Crippen molar-refractivity contribution in [1.29, 1.82) is 0 Å². The van der Waals surface area contributed by atoms with E-state index in [1.807, 2.05) is 18.2 Å². The van der Waals surface area contributed by atoms with Gasteiger partial charge in [0.25, 0.3) is 0 Å². The van der Waals surface area contributed by atoms with Crippen LogP contribution in [0.1, 0.15) is 38.7 Å². The molecule has 0 bridgehead atoms. The Balaban J connectivity index is 2.26. The number of rotatable bonds is 6. The fraction of sp³-hybridized carbons (Fsp3) is 0.375. The van der Waals surface area contributed by atoms with E-state index < -0.39 is 0 Å².